The molecule has 1 atom stereocenters. The summed E-state index contributed by atoms with van der Waals surface area (Å²) in [7, 11) is 0. The second-order valence-electron chi connectivity index (χ2n) is 4.81. The molecule has 2 heterocycles. The number of rotatable bonds is 4. The van der Waals surface area contributed by atoms with E-state index in [-0.39, 0.29) is 6.10 Å². The lowest BCUT2D eigenvalue weighted by molar-refractivity contribution is 0.254. The van der Waals surface area contributed by atoms with Crippen LogP contribution < -0.4 is 9.47 Å². The van der Waals surface area contributed by atoms with Gasteiger partial charge in [0.1, 0.15) is 23.9 Å². The minimum Gasteiger partial charge on any atom is -0.493 e. The van der Waals surface area contributed by atoms with Crippen molar-refractivity contribution in [1.29, 1.82) is 0 Å². The molecule has 1 aliphatic rings. The van der Waals surface area contributed by atoms with Gasteiger partial charge in [0.05, 0.1) is 12.8 Å². The summed E-state index contributed by atoms with van der Waals surface area (Å²) in [5.74, 6) is 1.69. The van der Waals surface area contributed by atoms with E-state index < -0.39 is 0 Å². The smallest absolute Gasteiger partial charge is 0.216 e. The number of fused-ring (bicyclic) bond motifs is 1. The Morgan fingerprint density at radius 3 is 3.19 bits per heavy atom. The maximum atomic E-state index is 5.78. The lowest BCUT2D eigenvalue weighted by Crippen LogP contribution is -2.05. The number of H-pyrrole nitrogens is 1. The molecule has 0 spiro atoms. The molecule has 0 radical (unpaired) electrons. The van der Waals surface area contributed by atoms with E-state index in [2.05, 4.69) is 22.2 Å². The maximum Gasteiger partial charge on any atom is 0.216 e. The molecule has 0 saturated carbocycles. The molecule has 110 valence electrons. The average Bonchev–Trinajstić information content (AvgIpc) is 3.01. The Kier molecular flexibility index (Phi) is 3.74. The predicted octanol–water partition coefficient (Wildman–Crippen LogP) is 2.54. The van der Waals surface area contributed by atoms with Gasteiger partial charge in [-0.2, -0.15) is 14.9 Å². The Morgan fingerprint density at radius 2 is 2.48 bits per heavy atom. The zero-order valence-corrected chi connectivity index (χ0v) is 12.7. The third kappa shape index (κ3) is 2.82. The van der Waals surface area contributed by atoms with Crippen molar-refractivity contribution in [1.82, 2.24) is 14.9 Å². The summed E-state index contributed by atoms with van der Waals surface area (Å²) in [6, 6.07) is 3.98. The predicted molar refractivity (Wildman–Crippen MR) is 81.8 cm³/mol. The topological polar surface area (TPSA) is 64.4 Å². The first-order chi connectivity index (χ1) is 10.2. The van der Waals surface area contributed by atoms with E-state index in [0.29, 0.717) is 11.4 Å². The van der Waals surface area contributed by atoms with Crippen molar-refractivity contribution in [2.45, 2.75) is 26.4 Å². The fraction of sp³-hybridized carbons (Fsp3) is 0.357. The quantitative estimate of drug-likeness (QED) is 0.696. The van der Waals surface area contributed by atoms with E-state index in [0.717, 1.165) is 23.5 Å². The van der Waals surface area contributed by atoms with Gasteiger partial charge in [-0.1, -0.05) is 0 Å². The van der Waals surface area contributed by atoms with E-state index >= 15 is 0 Å². The van der Waals surface area contributed by atoms with Gasteiger partial charge in [0.15, 0.2) is 0 Å². The first-order valence-corrected chi connectivity index (χ1v) is 7.21. The fourth-order valence-corrected chi connectivity index (χ4v) is 2.43. The van der Waals surface area contributed by atoms with E-state index in [1.807, 2.05) is 19.1 Å². The molecule has 0 fully saturated rings. The second-order valence-corrected chi connectivity index (χ2v) is 5.20. The molecular weight excluding hydrogens is 288 g/mol. The molecule has 0 unspecified atom stereocenters. The minimum atomic E-state index is 0.198. The summed E-state index contributed by atoms with van der Waals surface area (Å²) in [5, 5.41) is 10.8. The second kappa shape index (κ2) is 5.69. The van der Waals surface area contributed by atoms with Gasteiger partial charge in [0.2, 0.25) is 4.77 Å². The monoisotopic (exact) mass is 304 g/mol. The van der Waals surface area contributed by atoms with Crippen molar-refractivity contribution < 1.29 is 9.47 Å². The van der Waals surface area contributed by atoms with E-state index in [9.17, 15) is 0 Å². The molecule has 21 heavy (non-hydrogen) atoms. The molecule has 1 aromatic heterocycles. The van der Waals surface area contributed by atoms with Gasteiger partial charge in [-0.25, -0.2) is 0 Å². The van der Waals surface area contributed by atoms with Gasteiger partial charge in [-0.15, -0.1) is 0 Å². The fourth-order valence-electron chi connectivity index (χ4n) is 2.29. The number of aromatic nitrogens is 3. The third-order valence-electron chi connectivity index (χ3n) is 3.18. The first kappa shape index (κ1) is 13.8. The Labute approximate surface area is 127 Å². The van der Waals surface area contributed by atoms with Gasteiger partial charge in [0, 0.05) is 17.5 Å². The van der Waals surface area contributed by atoms with Crippen LogP contribution >= 0.6 is 12.2 Å². The van der Waals surface area contributed by atoms with Crippen LogP contribution in [-0.2, 0) is 6.42 Å². The van der Waals surface area contributed by atoms with Gasteiger partial charge in [0.25, 0.3) is 0 Å². The highest BCUT2D eigenvalue weighted by molar-refractivity contribution is 7.71. The minimum absolute atomic E-state index is 0.198. The van der Waals surface area contributed by atoms with Crippen molar-refractivity contribution >= 4 is 18.4 Å². The number of aromatic amines is 1. The van der Waals surface area contributed by atoms with Gasteiger partial charge in [-0.3, -0.25) is 5.10 Å². The van der Waals surface area contributed by atoms with Gasteiger partial charge in [-0.05, 0) is 38.2 Å². The Bertz CT molecular complexity index is 735. The average molecular weight is 304 g/mol. The van der Waals surface area contributed by atoms with Crippen molar-refractivity contribution in [2.75, 3.05) is 6.61 Å². The lowest BCUT2D eigenvalue weighted by Gasteiger charge is -2.09. The van der Waals surface area contributed by atoms with E-state index in [1.165, 1.54) is 16.6 Å². The highest BCUT2D eigenvalue weighted by Crippen LogP contribution is 2.34. The van der Waals surface area contributed by atoms with Crippen LogP contribution in [0, 0.1) is 4.77 Å². The van der Waals surface area contributed by atoms with Crippen LogP contribution in [0.15, 0.2) is 23.6 Å². The molecule has 0 amide bonds. The van der Waals surface area contributed by atoms with Crippen molar-refractivity contribution in [3.8, 4) is 11.5 Å². The summed E-state index contributed by atoms with van der Waals surface area (Å²) >= 11 is 5.05. The van der Waals surface area contributed by atoms with Crippen molar-refractivity contribution in [3.63, 3.8) is 0 Å². The molecule has 1 N–H and O–H groups in total. The summed E-state index contributed by atoms with van der Waals surface area (Å²) in [5.41, 5.74) is 2.02. The van der Waals surface area contributed by atoms with Crippen molar-refractivity contribution in [2.24, 2.45) is 5.10 Å². The molecule has 1 aliphatic heterocycles. The number of benzene rings is 1. The summed E-state index contributed by atoms with van der Waals surface area (Å²) in [4.78, 5) is 0. The normalized spacial score (nSPS) is 17.0. The van der Waals surface area contributed by atoms with Crippen molar-refractivity contribution in [3.05, 3.63) is 34.4 Å². The number of ether oxygens (including phenoxy) is 2. The van der Waals surface area contributed by atoms with E-state index in [4.69, 9.17) is 21.7 Å². The SMILES string of the molecule is CCOc1cc2c(cc1/C=N\n1cn[nH]c1=S)O[C@H](C)C2. The Hall–Kier alpha value is -2.15. The first-order valence-electron chi connectivity index (χ1n) is 6.80. The Morgan fingerprint density at radius 1 is 1.62 bits per heavy atom. The van der Waals surface area contributed by atoms with Crippen LogP contribution in [0.4, 0.5) is 0 Å². The van der Waals surface area contributed by atoms with Crippen LogP contribution in [0.2, 0.25) is 0 Å². The zero-order valence-electron chi connectivity index (χ0n) is 11.9. The van der Waals surface area contributed by atoms with Crippen LogP contribution in [0.3, 0.4) is 0 Å². The lowest BCUT2D eigenvalue weighted by atomic mass is 10.1. The molecule has 0 saturated heterocycles. The summed E-state index contributed by atoms with van der Waals surface area (Å²) < 4.78 is 13.4. The molecule has 1 aromatic carbocycles. The standard InChI is InChI=1S/C14H16N4O2S/c1-3-19-12-5-10-4-9(2)20-13(10)6-11(12)7-16-18-8-15-17-14(18)21/h5-9H,3-4H2,1-2H3,(H,17,21)/b16-7-/t9-/m1/s1. The number of hydrogen-bond acceptors (Lipinski definition) is 5. The van der Waals surface area contributed by atoms with Crippen LogP contribution in [0.25, 0.3) is 0 Å². The third-order valence-corrected chi connectivity index (χ3v) is 3.46. The molecule has 0 bridgehead atoms. The van der Waals surface area contributed by atoms with Crippen LogP contribution in [-0.4, -0.2) is 33.8 Å². The number of nitrogens with one attached hydrogen (secondary N) is 1. The highest BCUT2D eigenvalue weighted by Gasteiger charge is 2.21. The maximum absolute atomic E-state index is 5.78. The number of nitrogens with zero attached hydrogens (tertiary/aromatic N) is 3. The summed E-state index contributed by atoms with van der Waals surface area (Å²) in [6.07, 6.45) is 4.32. The Balaban J connectivity index is 1.97. The summed E-state index contributed by atoms with van der Waals surface area (Å²) in [6.45, 7) is 4.61. The van der Waals surface area contributed by atoms with Crippen LogP contribution in [0.5, 0.6) is 11.5 Å². The zero-order chi connectivity index (χ0) is 14.8. The molecule has 0 aliphatic carbocycles. The van der Waals surface area contributed by atoms with Gasteiger partial charge >= 0.3 is 0 Å². The number of hydrogen-bond donors (Lipinski definition) is 1. The van der Waals surface area contributed by atoms with Crippen LogP contribution in [0.1, 0.15) is 25.0 Å². The largest absolute Gasteiger partial charge is 0.493 e. The van der Waals surface area contributed by atoms with E-state index in [1.54, 1.807) is 6.21 Å². The highest BCUT2D eigenvalue weighted by atomic mass is 32.1. The molecule has 6 nitrogen and oxygen atoms in total. The molecular formula is C14H16N4O2S. The molecule has 7 heteroatoms. The van der Waals surface area contributed by atoms with Gasteiger partial charge < -0.3 is 9.47 Å². The molecule has 3 rings (SSSR count). The molecule has 2 aromatic rings.